The van der Waals surface area contributed by atoms with Gasteiger partial charge in [0.05, 0.1) is 11.4 Å². The second kappa shape index (κ2) is 10.4. The molecule has 4 aromatic heterocycles. The van der Waals surface area contributed by atoms with Crippen LogP contribution >= 0.6 is 11.6 Å². The number of hydrogen-bond acceptors (Lipinski definition) is 9. The van der Waals surface area contributed by atoms with Crippen molar-refractivity contribution in [3.8, 4) is 0 Å². The molecule has 0 aromatic carbocycles. The first-order chi connectivity index (χ1) is 15.8. The summed E-state index contributed by atoms with van der Waals surface area (Å²) in [6.45, 7) is 3.61. The fraction of sp³-hybridized carbons (Fsp3) is 0.368. The predicted molar refractivity (Wildman–Crippen MR) is 134 cm³/mol. The Bertz CT molecular complexity index is 1580. The molecule has 0 unspecified atom stereocenters. The molecule has 4 rings (SSSR count). The molecule has 16 heteroatoms. The van der Waals surface area contributed by atoms with Gasteiger partial charge in [-0.1, -0.05) is 32.9 Å². The average Bonchev–Trinajstić information content (AvgIpc) is 3.30. The molecular weight excluding hydrogens is 518 g/mol. The van der Waals surface area contributed by atoms with Gasteiger partial charge in [-0.15, -0.1) is 5.10 Å². The van der Waals surface area contributed by atoms with Gasteiger partial charge in [-0.2, -0.15) is 14.1 Å². The molecule has 4 N–H and O–H groups in total. The largest absolute Gasteiger partial charge is 0.361 e. The van der Waals surface area contributed by atoms with E-state index in [1.807, 2.05) is 21.0 Å². The Balaban J connectivity index is 0.000000241. The lowest BCUT2D eigenvalue weighted by Gasteiger charge is -2.10. The second-order valence-corrected chi connectivity index (χ2v) is 10.6. The fourth-order valence-corrected chi connectivity index (χ4v) is 5.08. The van der Waals surface area contributed by atoms with Gasteiger partial charge in [0, 0.05) is 14.1 Å². The molecule has 0 aliphatic carbocycles. The minimum absolute atomic E-state index is 0. The van der Waals surface area contributed by atoms with Crippen molar-refractivity contribution < 1.29 is 16.8 Å². The molecule has 0 aliphatic heterocycles. The highest BCUT2D eigenvalue weighted by Gasteiger charge is 2.23. The van der Waals surface area contributed by atoms with E-state index in [9.17, 15) is 16.8 Å². The first-order valence-electron chi connectivity index (χ1n) is 9.93. The van der Waals surface area contributed by atoms with Gasteiger partial charge in [0.1, 0.15) is 11.0 Å². The smallest absolute Gasteiger partial charge is 0.257 e. The number of nitrogens with zero attached hydrogens (tertiary/aromatic N) is 7. The SMILES string of the molecule is C.CCc1nc2ccc(Cl)nn2c1S(N)(=O)=O.CCc1nc2ccc(N(C)C)nn2c1S(N)(=O)=O. The highest BCUT2D eigenvalue weighted by Crippen LogP contribution is 2.19. The van der Waals surface area contributed by atoms with Crippen LogP contribution in [0.2, 0.25) is 5.15 Å². The van der Waals surface area contributed by atoms with E-state index in [2.05, 4.69) is 20.2 Å². The van der Waals surface area contributed by atoms with Crippen LogP contribution in [0, 0.1) is 0 Å². The summed E-state index contributed by atoms with van der Waals surface area (Å²) in [5.74, 6) is 0.632. The van der Waals surface area contributed by atoms with E-state index in [4.69, 9.17) is 21.9 Å². The monoisotopic (exact) mass is 545 g/mol. The van der Waals surface area contributed by atoms with Crippen LogP contribution in [0.3, 0.4) is 0 Å². The number of nitrogens with two attached hydrogens (primary N) is 2. The molecule has 192 valence electrons. The summed E-state index contributed by atoms with van der Waals surface area (Å²) in [5.41, 5.74) is 1.70. The maximum atomic E-state index is 11.6. The molecule has 35 heavy (non-hydrogen) atoms. The molecule has 13 nitrogen and oxygen atoms in total. The van der Waals surface area contributed by atoms with Gasteiger partial charge in [-0.25, -0.2) is 37.1 Å². The van der Waals surface area contributed by atoms with Crippen LogP contribution in [0.15, 0.2) is 34.3 Å². The highest BCUT2D eigenvalue weighted by atomic mass is 35.5. The summed E-state index contributed by atoms with van der Waals surface area (Å²) in [4.78, 5) is 10.1. The number of hydrogen-bond donors (Lipinski definition) is 2. The molecule has 0 amide bonds. The van der Waals surface area contributed by atoms with E-state index < -0.39 is 20.0 Å². The zero-order valence-electron chi connectivity index (χ0n) is 18.8. The second-order valence-electron chi connectivity index (χ2n) is 7.31. The van der Waals surface area contributed by atoms with E-state index in [0.29, 0.717) is 41.3 Å². The third-order valence-corrected chi connectivity index (χ3v) is 6.72. The van der Waals surface area contributed by atoms with E-state index >= 15 is 0 Å². The summed E-state index contributed by atoms with van der Waals surface area (Å²) in [6.07, 6.45) is 0.930. The third-order valence-electron chi connectivity index (χ3n) is 4.63. The van der Waals surface area contributed by atoms with E-state index in [1.54, 1.807) is 30.0 Å². The van der Waals surface area contributed by atoms with Gasteiger partial charge in [-0.3, -0.25) is 0 Å². The van der Waals surface area contributed by atoms with Crippen LogP contribution in [-0.4, -0.2) is 60.1 Å². The molecule has 4 aromatic rings. The fourth-order valence-electron chi connectivity index (χ4n) is 3.15. The van der Waals surface area contributed by atoms with Crippen molar-refractivity contribution in [3.63, 3.8) is 0 Å². The van der Waals surface area contributed by atoms with Crippen molar-refractivity contribution in [3.05, 3.63) is 40.8 Å². The molecule has 0 aliphatic rings. The zero-order chi connectivity index (χ0) is 25.4. The van der Waals surface area contributed by atoms with Gasteiger partial charge in [0.2, 0.25) is 0 Å². The van der Waals surface area contributed by atoms with Crippen LogP contribution in [0.25, 0.3) is 11.3 Å². The van der Waals surface area contributed by atoms with Crippen LogP contribution in [0.1, 0.15) is 32.7 Å². The summed E-state index contributed by atoms with van der Waals surface area (Å²) in [6, 6.07) is 6.62. The quantitative estimate of drug-likeness (QED) is 0.372. The van der Waals surface area contributed by atoms with E-state index in [-0.39, 0.29) is 22.6 Å². The summed E-state index contributed by atoms with van der Waals surface area (Å²) < 4.78 is 48.6. The number of halogens is 1. The molecular formula is C19H28ClN9O4S2. The minimum Gasteiger partial charge on any atom is -0.361 e. The molecule has 0 fully saturated rings. The Labute approximate surface area is 208 Å². The summed E-state index contributed by atoms with van der Waals surface area (Å²) in [7, 11) is -4.07. The zero-order valence-corrected chi connectivity index (χ0v) is 21.2. The first kappa shape index (κ1) is 28.4. The van der Waals surface area contributed by atoms with Gasteiger partial charge < -0.3 is 4.90 Å². The maximum absolute atomic E-state index is 11.6. The Morgan fingerprint density at radius 1 is 0.829 bits per heavy atom. The first-order valence-corrected chi connectivity index (χ1v) is 13.4. The molecule has 0 atom stereocenters. The number of sulfonamides is 2. The Morgan fingerprint density at radius 3 is 1.66 bits per heavy atom. The summed E-state index contributed by atoms with van der Waals surface area (Å²) in [5, 5.41) is 18.5. The Hall–Kier alpha value is -2.85. The average molecular weight is 546 g/mol. The molecule has 0 saturated carbocycles. The van der Waals surface area contributed by atoms with Crippen molar-refractivity contribution in [1.82, 2.24) is 29.2 Å². The lowest BCUT2D eigenvalue weighted by Crippen LogP contribution is -2.19. The van der Waals surface area contributed by atoms with Crippen molar-refractivity contribution in [2.75, 3.05) is 19.0 Å². The van der Waals surface area contributed by atoms with Crippen LogP contribution in [0.5, 0.6) is 0 Å². The summed E-state index contributed by atoms with van der Waals surface area (Å²) >= 11 is 5.70. The van der Waals surface area contributed by atoms with E-state index in [0.717, 1.165) is 4.52 Å². The molecule has 0 saturated heterocycles. The number of aryl methyl sites for hydroxylation is 2. The van der Waals surface area contributed by atoms with Gasteiger partial charge in [0.15, 0.2) is 21.3 Å². The standard InChI is InChI=1S/C10H15N5O2S.C8H9ClN4O2S.CH4/c1-4-7-10(18(11,16)17)15-8(12-7)5-6-9(13-15)14(2)3;1-2-5-8(16(10,14)15)13-7(11-5)4-3-6(9)12-13;/h5-6H,4H2,1-3H3,(H2,11,16,17);3-4H,2H2,1H3,(H2,10,14,15);1H4. The topological polar surface area (TPSA) is 184 Å². The van der Waals surface area contributed by atoms with Crippen LogP contribution in [-0.2, 0) is 32.9 Å². The normalized spacial score (nSPS) is 11.7. The Kier molecular flexibility index (Phi) is 8.44. The number of primary sulfonamides is 2. The lowest BCUT2D eigenvalue weighted by molar-refractivity contribution is 0.586. The highest BCUT2D eigenvalue weighted by molar-refractivity contribution is 7.89. The minimum atomic E-state index is -3.87. The lowest BCUT2D eigenvalue weighted by atomic mass is 10.4. The molecule has 4 heterocycles. The number of fused-ring (bicyclic) bond motifs is 2. The van der Waals surface area contributed by atoms with E-state index in [1.165, 1.54) is 10.6 Å². The van der Waals surface area contributed by atoms with Crippen molar-refractivity contribution in [1.29, 1.82) is 0 Å². The van der Waals surface area contributed by atoms with Gasteiger partial charge in [-0.05, 0) is 37.1 Å². The molecule has 0 radical (unpaired) electrons. The van der Waals surface area contributed by atoms with Crippen LogP contribution in [0.4, 0.5) is 5.82 Å². The van der Waals surface area contributed by atoms with Crippen molar-refractivity contribution in [2.24, 2.45) is 10.3 Å². The van der Waals surface area contributed by atoms with Crippen LogP contribution < -0.4 is 15.2 Å². The number of rotatable bonds is 5. The maximum Gasteiger partial charge on any atom is 0.257 e. The number of anilines is 1. The number of imidazole rings is 2. The third kappa shape index (κ3) is 5.87. The number of aromatic nitrogens is 6. The predicted octanol–water partition coefficient (Wildman–Crippen LogP) is 1.23. The molecule has 0 bridgehead atoms. The van der Waals surface area contributed by atoms with Gasteiger partial charge in [0.25, 0.3) is 20.0 Å². The van der Waals surface area contributed by atoms with Crippen molar-refractivity contribution >= 4 is 48.8 Å². The Morgan fingerprint density at radius 2 is 1.26 bits per heavy atom. The van der Waals surface area contributed by atoms with Gasteiger partial charge >= 0.3 is 0 Å². The molecule has 0 spiro atoms. The van der Waals surface area contributed by atoms with Crippen molar-refractivity contribution in [2.45, 2.75) is 44.2 Å².